The van der Waals surface area contributed by atoms with Crippen LogP contribution in [0.5, 0.6) is 0 Å². The van der Waals surface area contributed by atoms with Crippen molar-refractivity contribution < 1.29 is 4.79 Å². The minimum absolute atomic E-state index is 0.0498. The molecule has 0 saturated carbocycles. The summed E-state index contributed by atoms with van der Waals surface area (Å²) in [5.74, 6) is 0.0498. The Labute approximate surface area is 132 Å². The topological polar surface area (TPSA) is 33.2 Å². The molecular formula is C19H22N2O. The number of carbonyl (C=O) groups excluding carboxylic acids is 1. The van der Waals surface area contributed by atoms with Crippen molar-refractivity contribution in [2.45, 2.75) is 32.7 Å². The standard InChI is InChI=1S/C19H22N2O/c1-14(21-11-3-4-12-21)16-5-7-17(8-6-16)19-10-9-18(13-20-19)15(2)22/h5-10,13-14H,3-4,11-12H2,1-2H3/t14-/m1/s1. The van der Waals surface area contributed by atoms with E-state index >= 15 is 0 Å². The van der Waals surface area contributed by atoms with Crippen molar-refractivity contribution in [3.8, 4) is 11.3 Å². The zero-order chi connectivity index (χ0) is 15.5. The van der Waals surface area contributed by atoms with Crippen LogP contribution in [-0.4, -0.2) is 28.8 Å². The molecule has 0 amide bonds. The van der Waals surface area contributed by atoms with Crippen molar-refractivity contribution in [1.29, 1.82) is 0 Å². The van der Waals surface area contributed by atoms with Crippen LogP contribution in [0.1, 0.15) is 48.7 Å². The van der Waals surface area contributed by atoms with Gasteiger partial charge < -0.3 is 0 Å². The first-order valence-corrected chi connectivity index (χ1v) is 7.96. The van der Waals surface area contributed by atoms with Crippen LogP contribution >= 0.6 is 0 Å². The maximum absolute atomic E-state index is 11.3. The third-order valence-corrected chi connectivity index (χ3v) is 4.55. The van der Waals surface area contributed by atoms with Gasteiger partial charge in [-0.05, 0) is 57.5 Å². The predicted molar refractivity (Wildman–Crippen MR) is 88.9 cm³/mol. The molecule has 22 heavy (non-hydrogen) atoms. The summed E-state index contributed by atoms with van der Waals surface area (Å²) >= 11 is 0. The second kappa shape index (κ2) is 6.41. The van der Waals surface area contributed by atoms with Gasteiger partial charge in [0.05, 0.1) is 5.69 Å². The SMILES string of the molecule is CC(=O)c1ccc(-c2ccc([C@@H](C)N3CCCC3)cc2)nc1. The number of carbonyl (C=O) groups is 1. The van der Waals surface area contributed by atoms with Gasteiger partial charge in [-0.1, -0.05) is 24.3 Å². The van der Waals surface area contributed by atoms with E-state index in [0.29, 0.717) is 11.6 Å². The van der Waals surface area contributed by atoms with Gasteiger partial charge in [0.25, 0.3) is 0 Å². The van der Waals surface area contributed by atoms with Crippen molar-refractivity contribution in [3.05, 3.63) is 53.7 Å². The molecule has 0 aliphatic carbocycles. The van der Waals surface area contributed by atoms with Gasteiger partial charge in [0.15, 0.2) is 5.78 Å². The summed E-state index contributed by atoms with van der Waals surface area (Å²) < 4.78 is 0. The van der Waals surface area contributed by atoms with Gasteiger partial charge in [0, 0.05) is 23.4 Å². The second-order valence-corrected chi connectivity index (χ2v) is 6.03. The lowest BCUT2D eigenvalue weighted by molar-refractivity contribution is 0.101. The summed E-state index contributed by atoms with van der Waals surface area (Å²) in [5, 5.41) is 0. The molecule has 1 saturated heterocycles. The minimum atomic E-state index is 0.0498. The Hall–Kier alpha value is -2.00. The van der Waals surface area contributed by atoms with E-state index in [9.17, 15) is 4.79 Å². The number of Topliss-reactive ketones (excluding diaryl/α,β-unsaturated/α-hetero) is 1. The van der Waals surface area contributed by atoms with Gasteiger partial charge in [0.1, 0.15) is 0 Å². The quantitative estimate of drug-likeness (QED) is 0.796. The molecule has 0 N–H and O–H groups in total. The van der Waals surface area contributed by atoms with E-state index in [0.717, 1.165) is 11.3 Å². The first kappa shape index (κ1) is 14.9. The number of rotatable bonds is 4. The molecule has 1 fully saturated rings. The first-order chi connectivity index (χ1) is 10.6. The molecule has 0 spiro atoms. The first-order valence-electron chi connectivity index (χ1n) is 7.96. The average Bonchev–Trinajstić information content (AvgIpc) is 3.09. The fourth-order valence-corrected chi connectivity index (χ4v) is 3.04. The van der Waals surface area contributed by atoms with Gasteiger partial charge in [0.2, 0.25) is 0 Å². The fourth-order valence-electron chi connectivity index (χ4n) is 3.04. The van der Waals surface area contributed by atoms with Crippen LogP contribution in [0.3, 0.4) is 0 Å². The van der Waals surface area contributed by atoms with Crippen LogP contribution in [0, 0.1) is 0 Å². The molecule has 0 radical (unpaired) electrons. The minimum Gasteiger partial charge on any atom is -0.297 e. The van der Waals surface area contributed by atoms with E-state index in [4.69, 9.17) is 0 Å². The molecule has 0 unspecified atom stereocenters. The van der Waals surface area contributed by atoms with Crippen LogP contribution < -0.4 is 0 Å². The van der Waals surface area contributed by atoms with Crippen LogP contribution in [0.2, 0.25) is 0 Å². The van der Waals surface area contributed by atoms with Crippen molar-refractivity contribution in [1.82, 2.24) is 9.88 Å². The molecule has 3 heteroatoms. The molecule has 3 rings (SSSR count). The highest BCUT2D eigenvalue weighted by atomic mass is 16.1. The highest BCUT2D eigenvalue weighted by molar-refractivity contribution is 5.93. The summed E-state index contributed by atoms with van der Waals surface area (Å²) in [7, 11) is 0. The Morgan fingerprint density at radius 2 is 1.77 bits per heavy atom. The zero-order valence-corrected chi connectivity index (χ0v) is 13.2. The largest absolute Gasteiger partial charge is 0.297 e. The van der Waals surface area contributed by atoms with Crippen molar-refractivity contribution in [2.75, 3.05) is 13.1 Å². The van der Waals surface area contributed by atoms with Crippen LogP contribution in [-0.2, 0) is 0 Å². The lowest BCUT2D eigenvalue weighted by atomic mass is 10.0. The Bertz CT molecular complexity index is 640. The van der Waals surface area contributed by atoms with Crippen molar-refractivity contribution in [3.63, 3.8) is 0 Å². The number of likely N-dealkylation sites (tertiary alicyclic amines) is 1. The van der Waals surface area contributed by atoms with E-state index < -0.39 is 0 Å². The second-order valence-electron chi connectivity index (χ2n) is 6.03. The van der Waals surface area contributed by atoms with Crippen LogP contribution in [0.4, 0.5) is 0 Å². The fraction of sp³-hybridized carbons (Fsp3) is 0.368. The normalized spacial score (nSPS) is 16.6. The van der Waals surface area contributed by atoms with E-state index in [1.54, 1.807) is 13.1 Å². The number of aromatic nitrogens is 1. The molecule has 1 aliphatic rings. The number of hydrogen-bond acceptors (Lipinski definition) is 3. The van der Waals surface area contributed by atoms with E-state index in [2.05, 4.69) is 41.1 Å². The zero-order valence-electron chi connectivity index (χ0n) is 13.2. The molecule has 1 aromatic heterocycles. The number of ketones is 1. The highest BCUT2D eigenvalue weighted by Gasteiger charge is 2.19. The van der Waals surface area contributed by atoms with Gasteiger partial charge in [-0.15, -0.1) is 0 Å². The lowest BCUT2D eigenvalue weighted by Gasteiger charge is -2.24. The lowest BCUT2D eigenvalue weighted by Crippen LogP contribution is -2.23. The highest BCUT2D eigenvalue weighted by Crippen LogP contribution is 2.26. The van der Waals surface area contributed by atoms with Crippen molar-refractivity contribution >= 4 is 5.78 Å². The molecule has 1 atom stereocenters. The number of benzene rings is 1. The Kier molecular flexibility index (Phi) is 4.34. The Morgan fingerprint density at radius 3 is 2.32 bits per heavy atom. The van der Waals surface area contributed by atoms with E-state index in [1.165, 1.54) is 31.5 Å². The molecular weight excluding hydrogens is 272 g/mol. The maximum Gasteiger partial charge on any atom is 0.161 e. The Balaban J connectivity index is 1.77. The molecule has 2 heterocycles. The molecule has 2 aromatic rings. The molecule has 0 bridgehead atoms. The number of nitrogens with zero attached hydrogens (tertiary/aromatic N) is 2. The van der Waals surface area contributed by atoms with Gasteiger partial charge in [-0.25, -0.2) is 0 Å². The Morgan fingerprint density at radius 1 is 1.09 bits per heavy atom. The maximum atomic E-state index is 11.3. The summed E-state index contributed by atoms with van der Waals surface area (Å²) in [6, 6.07) is 12.9. The monoisotopic (exact) mass is 294 g/mol. The van der Waals surface area contributed by atoms with Gasteiger partial charge in [-0.2, -0.15) is 0 Å². The number of hydrogen-bond donors (Lipinski definition) is 0. The molecule has 1 aromatic carbocycles. The summed E-state index contributed by atoms with van der Waals surface area (Å²) in [5.41, 5.74) is 4.01. The number of pyridine rings is 1. The van der Waals surface area contributed by atoms with E-state index in [1.807, 2.05) is 12.1 Å². The molecule has 114 valence electrons. The third kappa shape index (κ3) is 3.09. The summed E-state index contributed by atoms with van der Waals surface area (Å²) in [6.07, 6.45) is 4.28. The van der Waals surface area contributed by atoms with Crippen LogP contribution in [0.15, 0.2) is 42.6 Å². The van der Waals surface area contributed by atoms with Crippen molar-refractivity contribution in [2.24, 2.45) is 0 Å². The third-order valence-electron chi connectivity index (χ3n) is 4.55. The summed E-state index contributed by atoms with van der Waals surface area (Å²) in [4.78, 5) is 18.2. The van der Waals surface area contributed by atoms with E-state index in [-0.39, 0.29) is 5.78 Å². The summed E-state index contributed by atoms with van der Waals surface area (Å²) in [6.45, 7) is 6.25. The average molecular weight is 294 g/mol. The van der Waals surface area contributed by atoms with Gasteiger partial charge in [-0.3, -0.25) is 14.7 Å². The van der Waals surface area contributed by atoms with Gasteiger partial charge >= 0.3 is 0 Å². The predicted octanol–water partition coefficient (Wildman–Crippen LogP) is 4.11. The smallest absolute Gasteiger partial charge is 0.161 e. The molecule has 3 nitrogen and oxygen atoms in total. The molecule has 1 aliphatic heterocycles. The van der Waals surface area contributed by atoms with Crippen LogP contribution in [0.25, 0.3) is 11.3 Å².